The van der Waals surface area contributed by atoms with Gasteiger partial charge in [0.2, 0.25) is 0 Å². The van der Waals surface area contributed by atoms with Crippen LogP contribution >= 0.6 is 23.2 Å². The number of H-pyrrole nitrogens is 1. The van der Waals surface area contributed by atoms with Crippen LogP contribution in [-0.2, 0) is 0 Å². The number of phenols is 1. The molecule has 0 radical (unpaired) electrons. The van der Waals surface area contributed by atoms with Crippen molar-refractivity contribution in [2.45, 2.75) is 0 Å². The Balaban J connectivity index is 2.27. The molecular formula is C12H7Cl2N3O. The molecule has 0 unspecified atom stereocenters. The van der Waals surface area contributed by atoms with Gasteiger partial charge in [-0.05, 0) is 18.2 Å². The minimum atomic E-state index is -0.115. The molecule has 0 aliphatic carbocycles. The van der Waals surface area contributed by atoms with E-state index in [9.17, 15) is 5.11 Å². The van der Waals surface area contributed by atoms with Gasteiger partial charge in [-0.15, -0.1) is 0 Å². The molecule has 0 fully saturated rings. The van der Waals surface area contributed by atoms with E-state index in [4.69, 9.17) is 23.2 Å². The Kier molecular flexibility index (Phi) is 2.61. The molecule has 0 saturated carbocycles. The monoisotopic (exact) mass is 279 g/mol. The van der Waals surface area contributed by atoms with Crippen LogP contribution in [0.5, 0.6) is 5.75 Å². The second kappa shape index (κ2) is 4.15. The third-order valence-electron chi connectivity index (χ3n) is 2.60. The quantitative estimate of drug-likeness (QED) is 0.715. The lowest BCUT2D eigenvalue weighted by molar-refractivity contribution is 0.481. The van der Waals surface area contributed by atoms with E-state index in [1.807, 2.05) is 12.1 Å². The van der Waals surface area contributed by atoms with Crippen molar-refractivity contribution in [2.24, 2.45) is 0 Å². The molecule has 0 bridgehead atoms. The van der Waals surface area contributed by atoms with E-state index in [1.165, 1.54) is 0 Å². The van der Waals surface area contributed by atoms with Crippen molar-refractivity contribution in [3.63, 3.8) is 0 Å². The molecule has 0 atom stereocenters. The topological polar surface area (TPSA) is 61.8 Å². The van der Waals surface area contributed by atoms with Gasteiger partial charge in [-0.3, -0.25) is 4.98 Å². The van der Waals surface area contributed by atoms with Crippen LogP contribution in [0.15, 0.2) is 30.6 Å². The molecule has 3 aromatic rings. The van der Waals surface area contributed by atoms with E-state index in [0.29, 0.717) is 16.9 Å². The molecule has 2 aromatic heterocycles. The zero-order chi connectivity index (χ0) is 12.7. The minimum absolute atomic E-state index is 0.108. The highest BCUT2D eigenvalue weighted by Crippen LogP contribution is 2.38. The molecular weight excluding hydrogens is 273 g/mol. The first-order valence-electron chi connectivity index (χ1n) is 5.14. The van der Waals surface area contributed by atoms with Gasteiger partial charge >= 0.3 is 0 Å². The highest BCUT2D eigenvalue weighted by atomic mass is 35.5. The standard InChI is InChI=1S/C12H7Cl2N3O/c13-7-5-8-10(11(18)9(7)14)17-12(16-8)6-1-3-15-4-2-6/h1-5,18H,(H,16,17). The molecule has 0 aliphatic heterocycles. The van der Waals surface area contributed by atoms with Crippen LogP contribution in [-0.4, -0.2) is 20.1 Å². The van der Waals surface area contributed by atoms with Crippen LogP contribution in [0.4, 0.5) is 0 Å². The first kappa shape index (κ1) is 11.3. The maximum Gasteiger partial charge on any atom is 0.163 e. The summed E-state index contributed by atoms with van der Waals surface area (Å²) in [5.41, 5.74) is 1.90. The fourth-order valence-corrected chi connectivity index (χ4v) is 2.07. The van der Waals surface area contributed by atoms with Gasteiger partial charge in [0.15, 0.2) is 5.75 Å². The van der Waals surface area contributed by atoms with E-state index in [2.05, 4.69) is 15.0 Å². The summed E-state index contributed by atoms with van der Waals surface area (Å²) in [5, 5.41) is 10.3. The Bertz CT molecular complexity index is 725. The highest BCUT2D eigenvalue weighted by Gasteiger charge is 2.14. The van der Waals surface area contributed by atoms with Crippen molar-refractivity contribution in [1.82, 2.24) is 15.0 Å². The predicted molar refractivity (Wildman–Crippen MR) is 71.0 cm³/mol. The molecule has 0 spiro atoms. The number of halogens is 2. The lowest BCUT2D eigenvalue weighted by Gasteiger charge is -1.98. The molecule has 18 heavy (non-hydrogen) atoms. The zero-order valence-corrected chi connectivity index (χ0v) is 10.5. The molecule has 3 rings (SSSR count). The number of fused-ring (bicyclic) bond motifs is 1. The molecule has 4 nitrogen and oxygen atoms in total. The third kappa shape index (κ3) is 1.70. The number of aromatic hydroxyl groups is 1. The minimum Gasteiger partial charge on any atom is -0.504 e. The number of hydrogen-bond donors (Lipinski definition) is 2. The first-order chi connectivity index (χ1) is 8.66. The van der Waals surface area contributed by atoms with Crippen LogP contribution in [0.3, 0.4) is 0 Å². The van der Waals surface area contributed by atoms with Crippen LogP contribution in [0, 0.1) is 0 Å². The van der Waals surface area contributed by atoms with Crippen molar-refractivity contribution >= 4 is 34.2 Å². The van der Waals surface area contributed by atoms with Gasteiger partial charge in [0.05, 0.1) is 10.5 Å². The van der Waals surface area contributed by atoms with Crippen LogP contribution < -0.4 is 0 Å². The van der Waals surface area contributed by atoms with E-state index >= 15 is 0 Å². The molecule has 0 saturated heterocycles. The fraction of sp³-hybridized carbons (Fsp3) is 0. The van der Waals surface area contributed by atoms with Crippen molar-refractivity contribution in [1.29, 1.82) is 0 Å². The Morgan fingerprint density at radius 1 is 1.17 bits per heavy atom. The molecule has 0 amide bonds. The molecule has 0 aliphatic rings. The average molecular weight is 280 g/mol. The molecule has 6 heteroatoms. The van der Waals surface area contributed by atoms with Gasteiger partial charge < -0.3 is 10.1 Å². The first-order valence-corrected chi connectivity index (χ1v) is 5.89. The van der Waals surface area contributed by atoms with Gasteiger partial charge in [0, 0.05) is 18.0 Å². The van der Waals surface area contributed by atoms with Crippen molar-refractivity contribution in [2.75, 3.05) is 0 Å². The summed E-state index contributed by atoms with van der Waals surface area (Å²) in [6, 6.07) is 5.27. The number of hydrogen-bond acceptors (Lipinski definition) is 3. The third-order valence-corrected chi connectivity index (χ3v) is 3.38. The number of pyridine rings is 1. The smallest absolute Gasteiger partial charge is 0.163 e. The van der Waals surface area contributed by atoms with Crippen molar-refractivity contribution in [3.05, 3.63) is 40.6 Å². The number of phenolic OH excluding ortho intramolecular Hbond substituents is 1. The number of nitrogens with one attached hydrogen (secondary N) is 1. The molecule has 2 heterocycles. The largest absolute Gasteiger partial charge is 0.504 e. The molecule has 2 N–H and O–H groups in total. The second-order valence-corrected chi connectivity index (χ2v) is 4.52. The number of aromatic nitrogens is 3. The maximum atomic E-state index is 9.89. The average Bonchev–Trinajstić information content (AvgIpc) is 2.81. The summed E-state index contributed by atoms with van der Waals surface area (Å²) in [6.07, 6.45) is 3.34. The van der Waals surface area contributed by atoms with Gasteiger partial charge in [0.25, 0.3) is 0 Å². The number of nitrogens with zero attached hydrogens (tertiary/aromatic N) is 2. The summed E-state index contributed by atoms with van der Waals surface area (Å²) in [5.74, 6) is 0.511. The summed E-state index contributed by atoms with van der Waals surface area (Å²) < 4.78 is 0. The highest BCUT2D eigenvalue weighted by molar-refractivity contribution is 6.44. The second-order valence-electron chi connectivity index (χ2n) is 3.74. The lowest BCUT2D eigenvalue weighted by atomic mass is 10.2. The summed E-state index contributed by atoms with van der Waals surface area (Å²) in [7, 11) is 0. The molecule has 90 valence electrons. The predicted octanol–water partition coefficient (Wildman–Crippen LogP) is 3.64. The fourth-order valence-electron chi connectivity index (χ4n) is 1.73. The van der Waals surface area contributed by atoms with E-state index in [-0.39, 0.29) is 15.8 Å². The summed E-state index contributed by atoms with van der Waals surface area (Å²) >= 11 is 11.8. The van der Waals surface area contributed by atoms with Crippen molar-refractivity contribution in [3.8, 4) is 17.1 Å². The van der Waals surface area contributed by atoms with Gasteiger partial charge in [-0.2, -0.15) is 0 Å². The summed E-state index contributed by atoms with van der Waals surface area (Å²) in [6.45, 7) is 0. The van der Waals surface area contributed by atoms with Crippen molar-refractivity contribution < 1.29 is 5.11 Å². The van der Waals surface area contributed by atoms with E-state index in [1.54, 1.807) is 18.5 Å². The number of benzene rings is 1. The number of rotatable bonds is 1. The Hall–Kier alpha value is -1.78. The van der Waals surface area contributed by atoms with E-state index < -0.39 is 0 Å². The van der Waals surface area contributed by atoms with Gasteiger partial charge in [-0.25, -0.2) is 4.98 Å². The normalized spacial score (nSPS) is 11.0. The number of imidazole rings is 1. The van der Waals surface area contributed by atoms with Gasteiger partial charge in [0.1, 0.15) is 16.4 Å². The zero-order valence-electron chi connectivity index (χ0n) is 8.98. The van der Waals surface area contributed by atoms with Gasteiger partial charge in [-0.1, -0.05) is 23.2 Å². The Morgan fingerprint density at radius 3 is 2.61 bits per heavy atom. The summed E-state index contributed by atoms with van der Waals surface area (Å²) in [4.78, 5) is 11.3. The van der Waals surface area contributed by atoms with Crippen LogP contribution in [0.2, 0.25) is 10.0 Å². The van der Waals surface area contributed by atoms with Crippen LogP contribution in [0.1, 0.15) is 0 Å². The van der Waals surface area contributed by atoms with E-state index in [0.717, 1.165) is 5.56 Å². The Morgan fingerprint density at radius 2 is 1.89 bits per heavy atom. The maximum absolute atomic E-state index is 9.89. The number of aromatic amines is 1. The Labute approximate surface area is 112 Å². The lowest BCUT2D eigenvalue weighted by Crippen LogP contribution is -1.79. The molecule has 1 aromatic carbocycles. The SMILES string of the molecule is Oc1c(Cl)c(Cl)cc2[nH]c(-c3ccncc3)nc12. The van der Waals surface area contributed by atoms with Crippen LogP contribution in [0.25, 0.3) is 22.4 Å².